The Labute approximate surface area is 130 Å². The number of carbonyl (C=O) groups excluding carboxylic acids is 1. The maximum absolute atomic E-state index is 12.7. The van der Waals surface area contributed by atoms with Crippen LogP contribution >= 0.6 is 11.6 Å². The minimum Gasteiger partial charge on any atom is -0.353 e. The van der Waals surface area contributed by atoms with Crippen LogP contribution < -0.4 is 10.0 Å². The molecule has 0 bridgehead atoms. The third kappa shape index (κ3) is 5.15. The zero-order valence-corrected chi connectivity index (χ0v) is 13.2. The third-order valence-electron chi connectivity index (χ3n) is 2.43. The van der Waals surface area contributed by atoms with E-state index in [2.05, 4.69) is 5.32 Å². The molecule has 1 amide bonds. The number of carbonyl (C=O) groups is 1. The maximum atomic E-state index is 12.7. The van der Waals surface area contributed by atoms with Gasteiger partial charge in [0.1, 0.15) is 0 Å². The summed E-state index contributed by atoms with van der Waals surface area (Å²) in [5, 5.41) is 1.84. The van der Waals surface area contributed by atoms with Crippen molar-refractivity contribution < 1.29 is 26.4 Å². The molecule has 0 atom stereocenters. The Bertz CT molecular complexity index is 660. The second-order valence-corrected chi connectivity index (χ2v) is 6.86. The number of sulfonamides is 1. The summed E-state index contributed by atoms with van der Waals surface area (Å²) in [6.07, 6.45) is -4.78. The van der Waals surface area contributed by atoms with E-state index >= 15 is 0 Å². The van der Waals surface area contributed by atoms with Crippen LogP contribution in [0.25, 0.3) is 0 Å². The molecule has 0 spiro atoms. The number of alkyl halides is 3. The van der Waals surface area contributed by atoms with Crippen molar-refractivity contribution in [3.05, 3.63) is 28.8 Å². The number of hydrogen-bond acceptors (Lipinski definition) is 3. The number of halogens is 4. The molecule has 1 aromatic rings. The lowest BCUT2D eigenvalue weighted by Crippen LogP contribution is -2.39. The highest BCUT2D eigenvalue weighted by Crippen LogP contribution is 2.35. The monoisotopic (exact) mass is 358 g/mol. The van der Waals surface area contributed by atoms with E-state index in [0.29, 0.717) is 6.07 Å². The van der Waals surface area contributed by atoms with Gasteiger partial charge in [-0.05, 0) is 32.0 Å². The summed E-state index contributed by atoms with van der Waals surface area (Å²) in [4.78, 5) is 10.7. The molecule has 0 aromatic heterocycles. The molecule has 22 heavy (non-hydrogen) atoms. The van der Waals surface area contributed by atoms with Gasteiger partial charge in [0.25, 0.3) is 0 Å². The van der Waals surface area contributed by atoms with Crippen LogP contribution in [0.4, 0.5) is 13.2 Å². The molecular formula is C12H14ClF3N2O3S. The summed E-state index contributed by atoms with van der Waals surface area (Å²) >= 11 is 5.42. The van der Waals surface area contributed by atoms with Crippen LogP contribution in [0.15, 0.2) is 23.1 Å². The molecule has 0 aliphatic heterocycles. The van der Waals surface area contributed by atoms with Crippen molar-refractivity contribution in [3.63, 3.8) is 0 Å². The van der Waals surface area contributed by atoms with E-state index in [0.717, 1.165) is 12.1 Å². The first-order chi connectivity index (χ1) is 9.93. The quantitative estimate of drug-likeness (QED) is 0.847. The van der Waals surface area contributed by atoms with E-state index in [9.17, 15) is 26.4 Å². The van der Waals surface area contributed by atoms with Gasteiger partial charge >= 0.3 is 6.18 Å². The molecule has 0 aliphatic rings. The molecule has 5 nitrogen and oxygen atoms in total. The minimum atomic E-state index is -4.78. The predicted octanol–water partition coefficient (Wildman–Crippen LogP) is 2.16. The summed E-state index contributed by atoms with van der Waals surface area (Å²) in [5.74, 6) is -0.594. The molecule has 0 saturated heterocycles. The predicted molar refractivity (Wildman–Crippen MR) is 74.9 cm³/mol. The molecule has 0 unspecified atom stereocenters. The smallest absolute Gasteiger partial charge is 0.353 e. The first kappa shape index (κ1) is 18.7. The topological polar surface area (TPSA) is 75.3 Å². The van der Waals surface area contributed by atoms with Crippen molar-refractivity contribution in [1.82, 2.24) is 10.0 Å². The highest BCUT2D eigenvalue weighted by Gasteiger charge is 2.34. The standard InChI is InChI=1S/C12H14ClF3N2O3S/c1-7(2)18-11(19)6-17-22(20,21)8-3-4-10(13)9(5-8)12(14,15)16/h3-5,7,17H,6H2,1-2H3,(H,18,19). The Balaban J connectivity index is 2.97. The maximum Gasteiger partial charge on any atom is 0.417 e. The first-order valence-corrected chi connectivity index (χ1v) is 7.95. The van der Waals surface area contributed by atoms with Gasteiger partial charge in [0.15, 0.2) is 0 Å². The van der Waals surface area contributed by atoms with Crippen LogP contribution in [0.1, 0.15) is 19.4 Å². The summed E-state index contributed by atoms with van der Waals surface area (Å²) in [5.41, 5.74) is -1.26. The van der Waals surface area contributed by atoms with Crippen molar-refractivity contribution in [1.29, 1.82) is 0 Å². The minimum absolute atomic E-state index is 0.190. The van der Waals surface area contributed by atoms with E-state index in [-0.39, 0.29) is 6.04 Å². The average molecular weight is 359 g/mol. The molecule has 0 saturated carbocycles. The lowest BCUT2D eigenvalue weighted by molar-refractivity contribution is -0.137. The molecule has 1 aromatic carbocycles. The average Bonchev–Trinajstić information content (AvgIpc) is 2.34. The fourth-order valence-corrected chi connectivity index (χ4v) is 2.74. The zero-order valence-electron chi connectivity index (χ0n) is 11.7. The molecule has 10 heteroatoms. The fourth-order valence-electron chi connectivity index (χ4n) is 1.51. The molecule has 0 heterocycles. The molecule has 1 rings (SSSR count). The number of hydrogen-bond donors (Lipinski definition) is 2. The lowest BCUT2D eigenvalue weighted by atomic mass is 10.2. The SMILES string of the molecule is CC(C)NC(=O)CNS(=O)(=O)c1ccc(Cl)c(C(F)(F)F)c1. The van der Waals surface area contributed by atoms with Gasteiger partial charge in [-0.25, -0.2) is 13.1 Å². The number of benzene rings is 1. The van der Waals surface area contributed by atoms with Crippen molar-refractivity contribution in [2.75, 3.05) is 6.54 Å². The van der Waals surface area contributed by atoms with E-state index in [1.807, 2.05) is 4.72 Å². The van der Waals surface area contributed by atoms with E-state index < -0.39 is 44.1 Å². The number of rotatable bonds is 5. The Kier molecular flexibility index (Phi) is 5.82. The second kappa shape index (κ2) is 6.84. The van der Waals surface area contributed by atoms with Crippen molar-refractivity contribution >= 4 is 27.5 Å². The van der Waals surface area contributed by atoms with Crippen LogP contribution in [0.3, 0.4) is 0 Å². The van der Waals surface area contributed by atoms with Crippen LogP contribution in [0, 0.1) is 0 Å². The van der Waals surface area contributed by atoms with Crippen LogP contribution in [-0.4, -0.2) is 26.9 Å². The van der Waals surface area contributed by atoms with Crippen LogP contribution in [0.2, 0.25) is 5.02 Å². The summed E-state index contributed by atoms with van der Waals surface area (Å²) in [7, 11) is -4.26. The molecule has 124 valence electrons. The zero-order chi connectivity index (χ0) is 17.1. The van der Waals surface area contributed by atoms with Gasteiger partial charge in [0.2, 0.25) is 15.9 Å². The normalized spacial score (nSPS) is 12.5. The van der Waals surface area contributed by atoms with Crippen molar-refractivity contribution in [2.45, 2.75) is 31.0 Å². The highest BCUT2D eigenvalue weighted by molar-refractivity contribution is 7.89. The fraction of sp³-hybridized carbons (Fsp3) is 0.417. The Morgan fingerprint density at radius 1 is 1.32 bits per heavy atom. The van der Waals surface area contributed by atoms with Crippen molar-refractivity contribution in [2.24, 2.45) is 0 Å². The number of nitrogens with one attached hydrogen (secondary N) is 2. The van der Waals surface area contributed by atoms with Gasteiger partial charge in [-0.1, -0.05) is 11.6 Å². The van der Waals surface area contributed by atoms with Gasteiger partial charge < -0.3 is 5.32 Å². The van der Waals surface area contributed by atoms with Crippen LogP contribution in [-0.2, 0) is 21.0 Å². The van der Waals surface area contributed by atoms with Crippen molar-refractivity contribution in [3.8, 4) is 0 Å². The van der Waals surface area contributed by atoms with E-state index in [4.69, 9.17) is 11.6 Å². The first-order valence-electron chi connectivity index (χ1n) is 6.09. The highest BCUT2D eigenvalue weighted by atomic mass is 35.5. The Morgan fingerprint density at radius 2 is 1.91 bits per heavy atom. The number of amides is 1. The van der Waals surface area contributed by atoms with Gasteiger partial charge in [-0.3, -0.25) is 4.79 Å². The Hall–Kier alpha value is -1.32. The molecular weight excluding hydrogens is 345 g/mol. The molecule has 0 radical (unpaired) electrons. The van der Waals surface area contributed by atoms with Crippen LogP contribution in [0.5, 0.6) is 0 Å². The molecule has 0 aliphatic carbocycles. The Morgan fingerprint density at radius 3 is 2.41 bits per heavy atom. The third-order valence-corrected chi connectivity index (χ3v) is 4.15. The summed E-state index contributed by atoms with van der Waals surface area (Å²) in [6, 6.07) is 2.00. The van der Waals surface area contributed by atoms with E-state index in [1.54, 1.807) is 13.8 Å². The second-order valence-electron chi connectivity index (χ2n) is 4.69. The lowest BCUT2D eigenvalue weighted by Gasteiger charge is -2.12. The molecule has 2 N–H and O–H groups in total. The summed E-state index contributed by atoms with van der Waals surface area (Å²) in [6.45, 7) is 2.78. The van der Waals surface area contributed by atoms with E-state index in [1.165, 1.54) is 0 Å². The van der Waals surface area contributed by atoms with Gasteiger partial charge in [-0.2, -0.15) is 13.2 Å². The van der Waals surface area contributed by atoms with Gasteiger partial charge in [-0.15, -0.1) is 0 Å². The molecule has 0 fully saturated rings. The summed E-state index contributed by atoms with van der Waals surface area (Å²) < 4.78 is 63.9. The van der Waals surface area contributed by atoms with Gasteiger partial charge in [0.05, 0.1) is 22.0 Å². The van der Waals surface area contributed by atoms with Gasteiger partial charge in [0, 0.05) is 6.04 Å². The largest absolute Gasteiger partial charge is 0.417 e.